The zero-order chi connectivity index (χ0) is 18.1. The van der Waals surface area contributed by atoms with Crippen LogP contribution in [0.25, 0.3) is 28.1 Å². The Bertz CT molecular complexity index is 1120. The zero-order valence-corrected chi connectivity index (χ0v) is 14.7. The van der Waals surface area contributed by atoms with Gasteiger partial charge in [-0.25, -0.2) is 9.97 Å². The zero-order valence-electron chi connectivity index (χ0n) is 14.7. The molecule has 0 saturated carbocycles. The molecule has 4 rings (SSSR count). The fraction of sp³-hybridized carbons (Fsp3) is 0.150. The number of aryl methyl sites for hydroxylation is 1. The smallest absolute Gasteiger partial charge is 0.246 e. The number of carbonyl (C=O) groups is 1. The van der Waals surface area contributed by atoms with Crippen molar-refractivity contribution in [1.82, 2.24) is 24.4 Å². The molecular formula is C20H19N5O. The summed E-state index contributed by atoms with van der Waals surface area (Å²) in [6.45, 7) is 0.548. The van der Waals surface area contributed by atoms with E-state index < -0.39 is 0 Å². The highest BCUT2D eigenvalue weighted by Gasteiger charge is 2.10. The van der Waals surface area contributed by atoms with Crippen LogP contribution >= 0.6 is 0 Å². The average molecular weight is 345 g/mol. The third kappa shape index (κ3) is 2.97. The minimum atomic E-state index is -0.0556. The first-order chi connectivity index (χ1) is 12.6. The number of likely N-dealkylation sites (N-methyl/N-ethyl adjacent to an activating group) is 1. The summed E-state index contributed by atoms with van der Waals surface area (Å²) in [6, 6.07) is 12.3. The Morgan fingerprint density at radius 2 is 2.12 bits per heavy atom. The third-order valence-corrected chi connectivity index (χ3v) is 4.54. The van der Waals surface area contributed by atoms with Crippen molar-refractivity contribution in [2.24, 2.45) is 7.05 Å². The predicted molar refractivity (Wildman–Crippen MR) is 102 cm³/mol. The highest BCUT2D eigenvalue weighted by Crippen LogP contribution is 2.19. The number of aromatic amines is 1. The molecule has 0 aliphatic heterocycles. The van der Waals surface area contributed by atoms with Gasteiger partial charge in [0.25, 0.3) is 0 Å². The van der Waals surface area contributed by atoms with Gasteiger partial charge in [-0.05, 0) is 35.2 Å². The Morgan fingerprint density at radius 1 is 1.27 bits per heavy atom. The molecule has 0 unspecified atom stereocenters. The first-order valence-electron chi connectivity index (χ1n) is 8.37. The molecule has 0 fully saturated rings. The second-order valence-electron chi connectivity index (χ2n) is 6.32. The molecule has 26 heavy (non-hydrogen) atoms. The lowest BCUT2D eigenvalue weighted by Gasteiger charge is -2.15. The normalized spacial score (nSPS) is 11.6. The van der Waals surface area contributed by atoms with Crippen molar-refractivity contribution < 1.29 is 4.79 Å². The van der Waals surface area contributed by atoms with Gasteiger partial charge in [0.1, 0.15) is 0 Å². The van der Waals surface area contributed by atoms with E-state index in [0.717, 1.165) is 22.3 Å². The van der Waals surface area contributed by atoms with E-state index >= 15 is 0 Å². The quantitative estimate of drug-likeness (QED) is 0.578. The van der Waals surface area contributed by atoms with E-state index in [2.05, 4.69) is 37.7 Å². The number of fused-ring (bicyclic) bond motifs is 2. The predicted octanol–water partition coefficient (Wildman–Crippen LogP) is 3.12. The van der Waals surface area contributed by atoms with Gasteiger partial charge < -0.3 is 14.5 Å². The van der Waals surface area contributed by atoms with Crippen molar-refractivity contribution in [2.75, 3.05) is 7.05 Å². The Kier molecular flexibility index (Phi) is 4.01. The van der Waals surface area contributed by atoms with Crippen LogP contribution in [0.1, 0.15) is 11.3 Å². The summed E-state index contributed by atoms with van der Waals surface area (Å²) in [5.41, 5.74) is 4.63. The van der Waals surface area contributed by atoms with Crippen LogP contribution in [0.3, 0.4) is 0 Å². The van der Waals surface area contributed by atoms with E-state index in [9.17, 15) is 4.79 Å². The van der Waals surface area contributed by atoms with Gasteiger partial charge in [-0.2, -0.15) is 0 Å². The largest absolute Gasteiger partial charge is 0.346 e. The molecule has 0 atom stereocenters. The maximum Gasteiger partial charge on any atom is 0.246 e. The molecule has 0 aliphatic carbocycles. The summed E-state index contributed by atoms with van der Waals surface area (Å²) in [5.74, 6) is -0.0556. The van der Waals surface area contributed by atoms with Crippen molar-refractivity contribution in [3.63, 3.8) is 0 Å². The number of benzene rings is 1. The van der Waals surface area contributed by atoms with Gasteiger partial charge in [-0.3, -0.25) is 4.79 Å². The minimum absolute atomic E-state index is 0.0556. The van der Waals surface area contributed by atoms with Crippen LogP contribution in [-0.4, -0.2) is 37.4 Å². The van der Waals surface area contributed by atoms with Crippen molar-refractivity contribution in [1.29, 1.82) is 0 Å². The maximum atomic E-state index is 12.5. The molecule has 1 N–H and O–H groups in total. The number of rotatable bonds is 4. The summed E-state index contributed by atoms with van der Waals surface area (Å²) in [4.78, 5) is 25.5. The summed E-state index contributed by atoms with van der Waals surface area (Å²) < 4.78 is 2.12. The van der Waals surface area contributed by atoms with Gasteiger partial charge in [-0.1, -0.05) is 18.2 Å². The van der Waals surface area contributed by atoms with E-state index in [-0.39, 0.29) is 5.91 Å². The standard InChI is InChI=1S/C20H19N5O/c1-24(12-16-10-15-5-3-4-6-18(15)25(16)2)19(26)8-7-14-9-17-20(21-11-14)23-13-22-17/h3-11,13H,12H2,1-2H3,(H,21,22,23). The first kappa shape index (κ1) is 16.1. The number of amides is 1. The number of H-pyrrole nitrogens is 1. The molecule has 0 saturated heterocycles. The van der Waals surface area contributed by atoms with Gasteiger partial charge in [0.2, 0.25) is 5.91 Å². The Balaban J connectivity index is 1.49. The molecule has 0 spiro atoms. The highest BCUT2D eigenvalue weighted by atomic mass is 16.2. The molecule has 3 heterocycles. The third-order valence-electron chi connectivity index (χ3n) is 4.54. The number of nitrogens with zero attached hydrogens (tertiary/aromatic N) is 4. The molecule has 6 heteroatoms. The molecule has 1 amide bonds. The Labute approximate surface area is 150 Å². The van der Waals surface area contributed by atoms with Gasteiger partial charge in [0.05, 0.1) is 18.4 Å². The lowest BCUT2D eigenvalue weighted by atomic mass is 10.2. The number of carbonyl (C=O) groups excluding carboxylic acids is 1. The lowest BCUT2D eigenvalue weighted by molar-refractivity contribution is -0.125. The van der Waals surface area contributed by atoms with E-state index in [0.29, 0.717) is 12.2 Å². The van der Waals surface area contributed by atoms with Gasteiger partial charge in [0.15, 0.2) is 5.65 Å². The van der Waals surface area contributed by atoms with Crippen LogP contribution in [0.5, 0.6) is 0 Å². The number of nitrogens with one attached hydrogen (secondary N) is 1. The topological polar surface area (TPSA) is 66.8 Å². The number of para-hydroxylation sites is 1. The summed E-state index contributed by atoms with van der Waals surface area (Å²) in [7, 11) is 3.83. The molecule has 0 radical (unpaired) electrons. The molecule has 0 bridgehead atoms. The van der Waals surface area contributed by atoms with Gasteiger partial charge in [-0.15, -0.1) is 0 Å². The molecule has 130 valence electrons. The van der Waals surface area contributed by atoms with Crippen molar-refractivity contribution >= 4 is 34.1 Å². The maximum absolute atomic E-state index is 12.5. The van der Waals surface area contributed by atoms with E-state index in [1.807, 2.05) is 25.2 Å². The molecule has 4 aromatic rings. The van der Waals surface area contributed by atoms with Crippen molar-refractivity contribution in [3.8, 4) is 0 Å². The fourth-order valence-electron chi connectivity index (χ4n) is 3.05. The van der Waals surface area contributed by atoms with Crippen molar-refractivity contribution in [2.45, 2.75) is 6.54 Å². The number of hydrogen-bond donors (Lipinski definition) is 1. The van der Waals surface area contributed by atoms with Crippen LogP contribution in [-0.2, 0) is 18.4 Å². The fourth-order valence-corrected chi connectivity index (χ4v) is 3.05. The lowest BCUT2D eigenvalue weighted by Crippen LogP contribution is -2.25. The van der Waals surface area contributed by atoms with Gasteiger partial charge in [0, 0.05) is 37.6 Å². The molecule has 0 aliphatic rings. The van der Waals surface area contributed by atoms with E-state index in [4.69, 9.17) is 0 Å². The highest BCUT2D eigenvalue weighted by molar-refractivity contribution is 5.92. The van der Waals surface area contributed by atoms with E-state index in [1.165, 1.54) is 5.39 Å². The molecule has 6 nitrogen and oxygen atoms in total. The minimum Gasteiger partial charge on any atom is -0.346 e. The SMILES string of the molecule is CN(Cc1cc2ccccc2n1C)C(=O)C=Cc1cnc2nc[nH]c2c1. The van der Waals surface area contributed by atoms with Crippen molar-refractivity contribution in [3.05, 3.63) is 66.3 Å². The summed E-state index contributed by atoms with van der Waals surface area (Å²) in [5, 5.41) is 1.18. The molecule has 1 aromatic carbocycles. The van der Waals surface area contributed by atoms with Crippen LogP contribution in [0.2, 0.25) is 0 Å². The number of hydrogen-bond acceptors (Lipinski definition) is 3. The second kappa shape index (κ2) is 6.48. The summed E-state index contributed by atoms with van der Waals surface area (Å²) in [6.07, 6.45) is 6.65. The Morgan fingerprint density at radius 3 is 2.96 bits per heavy atom. The van der Waals surface area contributed by atoms with Crippen LogP contribution < -0.4 is 0 Å². The average Bonchev–Trinajstić information content (AvgIpc) is 3.24. The first-order valence-corrected chi connectivity index (χ1v) is 8.37. The molecular weight excluding hydrogens is 326 g/mol. The number of aromatic nitrogens is 4. The van der Waals surface area contributed by atoms with E-state index in [1.54, 1.807) is 36.6 Å². The monoisotopic (exact) mass is 345 g/mol. The van der Waals surface area contributed by atoms with Crippen LogP contribution in [0, 0.1) is 0 Å². The second-order valence-corrected chi connectivity index (χ2v) is 6.32. The Hall–Kier alpha value is -3.41. The summed E-state index contributed by atoms with van der Waals surface area (Å²) >= 11 is 0. The van der Waals surface area contributed by atoms with Crippen LogP contribution in [0.15, 0.2) is 55.0 Å². The molecule has 3 aromatic heterocycles. The number of imidazole rings is 1. The number of pyridine rings is 1. The van der Waals surface area contributed by atoms with Crippen LogP contribution in [0.4, 0.5) is 0 Å². The van der Waals surface area contributed by atoms with Gasteiger partial charge >= 0.3 is 0 Å².